The molecule has 2 nitrogen and oxygen atoms in total. The van der Waals surface area contributed by atoms with E-state index >= 15 is 0 Å². The average Bonchev–Trinajstić information content (AvgIpc) is 2.59. The molecule has 0 bridgehead atoms. The lowest BCUT2D eigenvalue weighted by atomic mass is 10.1. The maximum atomic E-state index is 5.31. The lowest BCUT2D eigenvalue weighted by Gasteiger charge is -2.10. The molecule has 0 N–H and O–H groups in total. The fourth-order valence-corrected chi connectivity index (χ4v) is 1.27. The third kappa shape index (κ3) is 1.00. The minimum atomic E-state index is 0.259. The fraction of sp³-hybridized carbons (Fsp3) is 0.500. The summed E-state index contributed by atoms with van der Waals surface area (Å²) < 4.78 is 10.4. The Morgan fingerprint density at radius 1 is 1.20 bits per heavy atom. The van der Waals surface area contributed by atoms with Crippen LogP contribution in [-0.4, -0.2) is 19.5 Å². The molecule has 0 amide bonds. The van der Waals surface area contributed by atoms with Gasteiger partial charge in [0, 0.05) is 5.92 Å². The van der Waals surface area contributed by atoms with Gasteiger partial charge in [0.05, 0.1) is 12.7 Å². The Morgan fingerprint density at radius 3 is 2.60 bits per heavy atom. The van der Waals surface area contributed by atoms with Crippen LogP contribution >= 0.6 is 0 Å². The van der Waals surface area contributed by atoms with Gasteiger partial charge in [-0.05, 0) is 0 Å². The van der Waals surface area contributed by atoms with Crippen LogP contribution in [0.2, 0.25) is 0 Å². The van der Waals surface area contributed by atoms with Crippen LogP contribution in [0.15, 0.2) is 24.3 Å². The van der Waals surface area contributed by atoms with Crippen molar-refractivity contribution in [2.24, 2.45) is 5.92 Å². The molecule has 1 aliphatic carbocycles. The molecule has 1 heterocycles. The Hall–Kier alpha value is -0.600. The number of rotatable bonds is 1. The number of ether oxygens (including phenoxy) is 2. The normalized spacial score (nSPS) is 32.2. The maximum absolute atomic E-state index is 5.31. The molecular formula is C8H10O2. The van der Waals surface area contributed by atoms with Crippen molar-refractivity contribution < 1.29 is 9.47 Å². The van der Waals surface area contributed by atoms with Crippen molar-refractivity contribution in [2.75, 3.05) is 13.4 Å². The molecule has 0 spiro atoms. The summed E-state index contributed by atoms with van der Waals surface area (Å²) in [4.78, 5) is 0. The predicted molar refractivity (Wildman–Crippen MR) is 37.5 cm³/mol. The van der Waals surface area contributed by atoms with Gasteiger partial charge in [-0.25, -0.2) is 0 Å². The summed E-state index contributed by atoms with van der Waals surface area (Å²) in [5.74, 6) is 0.447. The molecule has 2 heteroatoms. The van der Waals surface area contributed by atoms with Crippen molar-refractivity contribution in [3.63, 3.8) is 0 Å². The van der Waals surface area contributed by atoms with Crippen molar-refractivity contribution in [1.29, 1.82) is 0 Å². The molecule has 1 saturated heterocycles. The van der Waals surface area contributed by atoms with Crippen molar-refractivity contribution in [1.82, 2.24) is 0 Å². The highest BCUT2D eigenvalue weighted by Gasteiger charge is 2.23. The molecule has 1 fully saturated rings. The van der Waals surface area contributed by atoms with Crippen LogP contribution < -0.4 is 0 Å². The predicted octanol–water partition coefficient (Wildman–Crippen LogP) is 1.10. The fourth-order valence-electron chi connectivity index (χ4n) is 1.27. The van der Waals surface area contributed by atoms with Crippen LogP contribution in [0.5, 0.6) is 0 Å². The summed E-state index contributed by atoms with van der Waals surface area (Å²) in [5, 5.41) is 0. The first-order valence-electron chi connectivity index (χ1n) is 3.51. The van der Waals surface area contributed by atoms with Gasteiger partial charge in [0.25, 0.3) is 0 Å². The number of allylic oxidation sites excluding steroid dienone is 2. The third-order valence-electron chi connectivity index (χ3n) is 1.85. The SMILES string of the molecule is C1=CC(C2COCO2)C=C1. The summed E-state index contributed by atoms with van der Waals surface area (Å²) in [6.07, 6.45) is 8.63. The minimum absolute atomic E-state index is 0.259. The van der Waals surface area contributed by atoms with Crippen LogP contribution in [0.4, 0.5) is 0 Å². The highest BCUT2D eigenvalue weighted by molar-refractivity contribution is 5.19. The van der Waals surface area contributed by atoms with Gasteiger partial charge in [-0.3, -0.25) is 0 Å². The maximum Gasteiger partial charge on any atom is 0.147 e. The summed E-state index contributed by atoms with van der Waals surface area (Å²) >= 11 is 0. The molecule has 0 saturated carbocycles. The Balaban J connectivity index is 1.98. The monoisotopic (exact) mass is 138 g/mol. The van der Waals surface area contributed by atoms with E-state index in [0.717, 1.165) is 6.61 Å². The summed E-state index contributed by atoms with van der Waals surface area (Å²) in [6.45, 7) is 1.20. The summed E-state index contributed by atoms with van der Waals surface area (Å²) in [5.41, 5.74) is 0. The zero-order chi connectivity index (χ0) is 6.81. The molecule has 1 atom stereocenters. The Kier molecular flexibility index (Phi) is 1.57. The highest BCUT2D eigenvalue weighted by Crippen LogP contribution is 2.19. The van der Waals surface area contributed by atoms with Crippen molar-refractivity contribution in [3.8, 4) is 0 Å². The second-order valence-electron chi connectivity index (χ2n) is 2.54. The van der Waals surface area contributed by atoms with E-state index in [2.05, 4.69) is 12.2 Å². The van der Waals surface area contributed by atoms with Gasteiger partial charge in [0.2, 0.25) is 0 Å². The molecule has 1 unspecified atom stereocenters. The van der Waals surface area contributed by atoms with Gasteiger partial charge in [-0.1, -0.05) is 24.3 Å². The zero-order valence-electron chi connectivity index (χ0n) is 5.69. The number of hydrogen-bond acceptors (Lipinski definition) is 2. The Bertz CT molecular complexity index is 154. The van der Waals surface area contributed by atoms with Crippen LogP contribution in [-0.2, 0) is 9.47 Å². The highest BCUT2D eigenvalue weighted by atomic mass is 16.7. The lowest BCUT2D eigenvalue weighted by molar-refractivity contribution is 0.0405. The quantitative estimate of drug-likeness (QED) is 0.540. The van der Waals surface area contributed by atoms with Gasteiger partial charge in [0.15, 0.2) is 0 Å². The van der Waals surface area contributed by atoms with E-state index in [1.807, 2.05) is 12.2 Å². The second-order valence-corrected chi connectivity index (χ2v) is 2.54. The third-order valence-corrected chi connectivity index (χ3v) is 1.85. The van der Waals surface area contributed by atoms with Crippen molar-refractivity contribution in [3.05, 3.63) is 24.3 Å². The molecule has 2 aliphatic rings. The first-order valence-corrected chi connectivity index (χ1v) is 3.51. The van der Waals surface area contributed by atoms with Crippen molar-refractivity contribution >= 4 is 0 Å². The van der Waals surface area contributed by atoms with Crippen LogP contribution in [0.25, 0.3) is 0 Å². The van der Waals surface area contributed by atoms with Gasteiger partial charge in [0.1, 0.15) is 6.79 Å². The molecule has 0 aromatic carbocycles. The standard InChI is InChI=1S/C8H10O2/c1-2-4-7(3-1)8-5-9-6-10-8/h1-4,7-8H,5-6H2. The molecule has 54 valence electrons. The Morgan fingerprint density at radius 2 is 2.00 bits per heavy atom. The Labute approximate surface area is 60.1 Å². The first-order chi connectivity index (χ1) is 4.97. The van der Waals surface area contributed by atoms with Crippen molar-refractivity contribution in [2.45, 2.75) is 6.10 Å². The molecule has 2 rings (SSSR count). The van der Waals surface area contributed by atoms with E-state index < -0.39 is 0 Å². The minimum Gasteiger partial charge on any atom is -0.353 e. The second kappa shape index (κ2) is 2.56. The molecular weight excluding hydrogens is 128 g/mol. The summed E-state index contributed by atoms with van der Waals surface area (Å²) in [6, 6.07) is 0. The van der Waals surface area contributed by atoms with Crippen LogP contribution in [0.3, 0.4) is 0 Å². The topological polar surface area (TPSA) is 18.5 Å². The molecule has 0 aromatic heterocycles. The zero-order valence-corrected chi connectivity index (χ0v) is 5.69. The van der Waals surface area contributed by atoms with E-state index in [9.17, 15) is 0 Å². The smallest absolute Gasteiger partial charge is 0.147 e. The van der Waals surface area contributed by atoms with Crippen LogP contribution in [0.1, 0.15) is 0 Å². The van der Waals surface area contributed by atoms with E-state index in [0.29, 0.717) is 12.7 Å². The van der Waals surface area contributed by atoms with Crippen LogP contribution in [0, 0.1) is 5.92 Å². The van der Waals surface area contributed by atoms with E-state index in [4.69, 9.17) is 9.47 Å². The van der Waals surface area contributed by atoms with Gasteiger partial charge in [-0.15, -0.1) is 0 Å². The molecule has 0 aromatic rings. The summed E-state index contributed by atoms with van der Waals surface area (Å²) in [7, 11) is 0. The lowest BCUT2D eigenvalue weighted by Crippen LogP contribution is -2.17. The number of hydrogen-bond donors (Lipinski definition) is 0. The molecule has 10 heavy (non-hydrogen) atoms. The average molecular weight is 138 g/mol. The van der Waals surface area contributed by atoms with E-state index in [-0.39, 0.29) is 6.10 Å². The van der Waals surface area contributed by atoms with Gasteiger partial charge in [-0.2, -0.15) is 0 Å². The van der Waals surface area contributed by atoms with E-state index in [1.54, 1.807) is 0 Å². The molecule has 0 radical (unpaired) electrons. The largest absolute Gasteiger partial charge is 0.353 e. The van der Waals surface area contributed by atoms with Gasteiger partial charge < -0.3 is 9.47 Å². The molecule has 1 aliphatic heterocycles. The van der Waals surface area contributed by atoms with Gasteiger partial charge >= 0.3 is 0 Å². The van der Waals surface area contributed by atoms with E-state index in [1.165, 1.54) is 0 Å². The first kappa shape index (κ1) is 6.13.